The van der Waals surface area contributed by atoms with Gasteiger partial charge in [-0.2, -0.15) is 5.10 Å². The summed E-state index contributed by atoms with van der Waals surface area (Å²) in [5.41, 5.74) is 0. The van der Waals surface area contributed by atoms with Crippen LogP contribution in [-0.4, -0.2) is 75.3 Å². The molecule has 3 aliphatic rings. The van der Waals surface area contributed by atoms with E-state index in [1.807, 2.05) is 16.5 Å². The molecule has 3 aliphatic heterocycles. The van der Waals surface area contributed by atoms with Crippen molar-refractivity contribution in [3.63, 3.8) is 0 Å². The Labute approximate surface area is 153 Å². The molecule has 0 aromatic carbocycles. The molecule has 1 aromatic rings. The fourth-order valence-electron chi connectivity index (χ4n) is 4.15. The first-order valence-electron chi connectivity index (χ1n) is 9.73. The fraction of sp³-hybridized carbons (Fsp3) is 0.778. The van der Waals surface area contributed by atoms with Crippen molar-refractivity contribution in [2.45, 2.75) is 57.5 Å². The van der Waals surface area contributed by atoms with Crippen molar-refractivity contribution in [1.29, 1.82) is 0 Å². The van der Waals surface area contributed by atoms with Gasteiger partial charge in [0, 0.05) is 51.6 Å². The maximum absolute atomic E-state index is 12.8. The van der Waals surface area contributed by atoms with Gasteiger partial charge in [0.2, 0.25) is 11.8 Å². The summed E-state index contributed by atoms with van der Waals surface area (Å²) in [6.07, 6.45) is 4.09. The zero-order valence-electron chi connectivity index (χ0n) is 15.4. The van der Waals surface area contributed by atoms with Gasteiger partial charge in [-0.05, 0) is 26.2 Å². The molecule has 2 saturated heterocycles. The van der Waals surface area contributed by atoms with Gasteiger partial charge < -0.3 is 14.5 Å². The summed E-state index contributed by atoms with van der Waals surface area (Å²) in [5, 5.41) is 4.71. The Kier molecular flexibility index (Phi) is 4.93. The maximum Gasteiger partial charge on any atom is 0.245 e. The molecule has 142 valence electrons. The van der Waals surface area contributed by atoms with Crippen LogP contribution in [0.25, 0.3) is 0 Å². The lowest BCUT2D eigenvalue weighted by Gasteiger charge is -2.29. The van der Waals surface area contributed by atoms with E-state index in [1.54, 1.807) is 4.90 Å². The lowest BCUT2D eigenvalue weighted by atomic mass is 10.00. The van der Waals surface area contributed by atoms with E-state index in [9.17, 15) is 9.59 Å². The summed E-state index contributed by atoms with van der Waals surface area (Å²) in [6, 6.07) is -0.374. The van der Waals surface area contributed by atoms with E-state index in [-0.39, 0.29) is 17.9 Å². The van der Waals surface area contributed by atoms with Crippen molar-refractivity contribution in [2.24, 2.45) is 0 Å². The standard InChI is InChI=1S/C18H27N5O3/c1-13(22-7-2-3-16(22)24)18(25)21-8-4-15-19-17(20-23(15)10-9-21)14-5-11-26-12-6-14/h13-14H,2-12H2,1H3. The fourth-order valence-corrected chi connectivity index (χ4v) is 4.15. The van der Waals surface area contributed by atoms with E-state index in [0.717, 1.165) is 44.1 Å². The minimum absolute atomic E-state index is 0.0376. The van der Waals surface area contributed by atoms with Crippen molar-refractivity contribution >= 4 is 11.8 Å². The number of carbonyl (C=O) groups excluding carboxylic acids is 2. The predicted octanol–water partition coefficient (Wildman–Crippen LogP) is 0.568. The number of aromatic nitrogens is 3. The molecule has 1 unspecified atom stereocenters. The Hall–Kier alpha value is -1.96. The molecular formula is C18H27N5O3. The first-order valence-corrected chi connectivity index (χ1v) is 9.73. The van der Waals surface area contributed by atoms with Gasteiger partial charge in [-0.3, -0.25) is 9.59 Å². The molecule has 1 atom stereocenters. The summed E-state index contributed by atoms with van der Waals surface area (Å²) in [6.45, 7) is 6.02. The molecule has 0 N–H and O–H groups in total. The third-order valence-electron chi connectivity index (χ3n) is 5.78. The molecule has 0 aliphatic carbocycles. The van der Waals surface area contributed by atoms with Crippen LogP contribution in [0.1, 0.15) is 50.2 Å². The Morgan fingerprint density at radius 1 is 1.15 bits per heavy atom. The Morgan fingerprint density at radius 2 is 1.96 bits per heavy atom. The van der Waals surface area contributed by atoms with E-state index >= 15 is 0 Å². The van der Waals surface area contributed by atoms with E-state index < -0.39 is 0 Å². The highest BCUT2D eigenvalue weighted by Crippen LogP contribution is 2.25. The number of carbonyl (C=O) groups is 2. The number of rotatable bonds is 3. The van der Waals surface area contributed by atoms with Gasteiger partial charge >= 0.3 is 0 Å². The quantitative estimate of drug-likeness (QED) is 0.786. The van der Waals surface area contributed by atoms with Gasteiger partial charge in [-0.15, -0.1) is 0 Å². The van der Waals surface area contributed by atoms with Crippen molar-refractivity contribution in [3.05, 3.63) is 11.6 Å². The molecule has 0 saturated carbocycles. The van der Waals surface area contributed by atoms with Crippen molar-refractivity contribution < 1.29 is 14.3 Å². The normalized spacial score (nSPS) is 23.0. The van der Waals surface area contributed by atoms with Crippen LogP contribution in [-0.2, 0) is 27.3 Å². The molecule has 0 radical (unpaired) electrons. The van der Waals surface area contributed by atoms with Crippen LogP contribution < -0.4 is 0 Å². The second kappa shape index (κ2) is 7.34. The highest BCUT2D eigenvalue weighted by atomic mass is 16.5. The minimum atomic E-state index is -0.374. The number of fused-ring (bicyclic) bond motifs is 1. The molecule has 2 fully saturated rings. The smallest absolute Gasteiger partial charge is 0.245 e. The lowest BCUT2D eigenvalue weighted by molar-refractivity contribution is -0.142. The molecule has 0 bridgehead atoms. The molecular weight excluding hydrogens is 334 g/mol. The zero-order valence-corrected chi connectivity index (χ0v) is 15.4. The van der Waals surface area contributed by atoms with Gasteiger partial charge in [0.1, 0.15) is 11.9 Å². The molecule has 0 spiro atoms. The number of amides is 2. The van der Waals surface area contributed by atoms with E-state index in [4.69, 9.17) is 14.8 Å². The van der Waals surface area contributed by atoms with Crippen molar-refractivity contribution in [2.75, 3.05) is 32.8 Å². The predicted molar refractivity (Wildman–Crippen MR) is 93.5 cm³/mol. The molecule has 2 amide bonds. The summed E-state index contributed by atoms with van der Waals surface area (Å²) in [5.74, 6) is 2.42. The highest BCUT2D eigenvalue weighted by Gasteiger charge is 2.33. The second-order valence-electron chi connectivity index (χ2n) is 7.44. The van der Waals surface area contributed by atoms with E-state index in [2.05, 4.69) is 0 Å². The largest absolute Gasteiger partial charge is 0.381 e. The molecule has 1 aromatic heterocycles. The van der Waals surface area contributed by atoms with Gasteiger partial charge in [0.05, 0.1) is 6.54 Å². The number of hydrogen-bond acceptors (Lipinski definition) is 5. The molecule has 4 rings (SSSR count). The average Bonchev–Trinajstić information content (AvgIpc) is 3.23. The highest BCUT2D eigenvalue weighted by molar-refractivity contribution is 5.88. The topological polar surface area (TPSA) is 80.6 Å². The van der Waals surface area contributed by atoms with E-state index in [1.165, 1.54) is 0 Å². The van der Waals surface area contributed by atoms with Gasteiger partial charge in [0.15, 0.2) is 5.82 Å². The van der Waals surface area contributed by atoms with Crippen molar-refractivity contribution in [1.82, 2.24) is 24.6 Å². The Bertz CT molecular complexity index is 657. The summed E-state index contributed by atoms with van der Waals surface area (Å²) in [7, 11) is 0. The number of likely N-dealkylation sites (tertiary alicyclic amines) is 1. The number of nitrogens with zero attached hydrogens (tertiary/aromatic N) is 5. The number of hydrogen-bond donors (Lipinski definition) is 0. The van der Waals surface area contributed by atoms with Crippen LogP contribution in [0.15, 0.2) is 0 Å². The molecule has 26 heavy (non-hydrogen) atoms. The van der Waals surface area contributed by atoms with Crippen LogP contribution in [0.4, 0.5) is 0 Å². The zero-order chi connectivity index (χ0) is 18.1. The Morgan fingerprint density at radius 3 is 2.69 bits per heavy atom. The van der Waals surface area contributed by atoms with Crippen LogP contribution in [0, 0.1) is 0 Å². The SMILES string of the molecule is CC(C(=O)N1CCc2nc(C3CCOCC3)nn2CC1)N1CCCC1=O. The maximum atomic E-state index is 12.8. The van der Waals surface area contributed by atoms with Crippen LogP contribution in [0.2, 0.25) is 0 Å². The van der Waals surface area contributed by atoms with Crippen LogP contribution in [0.3, 0.4) is 0 Å². The molecule has 8 heteroatoms. The first kappa shape index (κ1) is 17.5. The van der Waals surface area contributed by atoms with Gasteiger partial charge in [-0.1, -0.05) is 0 Å². The average molecular weight is 361 g/mol. The molecule has 8 nitrogen and oxygen atoms in total. The third-order valence-corrected chi connectivity index (χ3v) is 5.78. The lowest BCUT2D eigenvalue weighted by Crippen LogP contribution is -2.48. The monoisotopic (exact) mass is 361 g/mol. The van der Waals surface area contributed by atoms with Crippen LogP contribution in [0.5, 0.6) is 0 Å². The third kappa shape index (κ3) is 3.34. The van der Waals surface area contributed by atoms with E-state index in [0.29, 0.717) is 44.9 Å². The molecule has 4 heterocycles. The minimum Gasteiger partial charge on any atom is -0.381 e. The first-order chi connectivity index (χ1) is 12.6. The van der Waals surface area contributed by atoms with Crippen molar-refractivity contribution in [3.8, 4) is 0 Å². The number of ether oxygens (including phenoxy) is 1. The van der Waals surface area contributed by atoms with Crippen LogP contribution >= 0.6 is 0 Å². The summed E-state index contributed by atoms with van der Waals surface area (Å²) < 4.78 is 7.38. The Balaban J connectivity index is 1.39. The second-order valence-corrected chi connectivity index (χ2v) is 7.44. The summed E-state index contributed by atoms with van der Waals surface area (Å²) in [4.78, 5) is 33.1. The summed E-state index contributed by atoms with van der Waals surface area (Å²) >= 11 is 0. The van der Waals surface area contributed by atoms with Gasteiger partial charge in [-0.25, -0.2) is 9.67 Å². The van der Waals surface area contributed by atoms with Gasteiger partial charge in [0.25, 0.3) is 0 Å².